The molecule has 0 aliphatic carbocycles. The van der Waals surface area contributed by atoms with Gasteiger partial charge in [-0.3, -0.25) is 0 Å². The Bertz CT molecular complexity index is 910. The predicted molar refractivity (Wildman–Crippen MR) is 108 cm³/mol. The molecule has 0 bridgehead atoms. The van der Waals surface area contributed by atoms with Gasteiger partial charge in [-0.25, -0.2) is 0 Å². The van der Waals surface area contributed by atoms with Crippen LogP contribution < -0.4 is 19.1 Å². The van der Waals surface area contributed by atoms with E-state index in [1.54, 1.807) is 21.3 Å². The molecule has 0 amide bonds. The summed E-state index contributed by atoms with van der Waals surface area (Å²) in [7, 11) is 7.21. The largest absolute Gasteiger partial charge is 0.497 e. The highest BCUT2D eigenvalue weighted by Crippen LogP contribution is 2.53. The zero-order valence-corrected chi connectivity index (χ0v) is 16.0. The molecule has 3 aromatic rings. The Labute approximate surface area is 159 Å². The van der Waals surface area contributed by atoms with E-state index in [4.69, 9.17) is 14.2 Å². The molecule has 0 unspecified atom stereocenters. The molecule has 0 saturated carbocycles. The third-order valence-corrected chi connectivity index (χ3v) is 5.28. The number of methoxy groups -OCH3 is 3. The first-order chi connectivity index (χ1) is 13.2. The van der Waals surface area contributed by atoms with Crippen molar-refractivity contribution >= 4 is 11.4 Å². The molecule has 0 radical (unpaired) electrons. The molecule has 4 nitrogen and oxygen atoms in total. The van der Waals surface area contributed by atoms with Crippen LogP contribution in [0.3, 0.4) is 0 Å². The maximum atomic E-state index is 5.75. The maximum absolute atomic E-state index is 5.75. The van der Waals surface area contributed by atoms with Crippen molar-refractivity contribution in [2.75, 3.05) is 33.3 Å². The lowest BCUT2D eigenvalue weighted by molar-refractivity contribution is 0.401. The number of benzene rings is 3. The summed E-state index contributed by atoms with van der Waals surface area (Å²) in [6, 6.07) is 20.6. The van der Waals surface area contributed by atoms with Gasteiger partial charge in [-0.1, -0.05) is 24.3 Å². The number of hydrogen-bond donors (Lipinski definition) is 0. The highest BCUT2D eigenvalue weighted by atomic mass is 16.5. The van der Waals surface area contributed by atoms with E-state index < -0.39 is 0 Å². The van der Waals surface area contributed by atoms with Gasteiger partial charge in [-0.05, 0) is 42.0 Å². The Hall–Kier alpha value is -3.14. The summed E-state index contributed by atoms with van der Waals surface area (Å²) in [6.45, 7) is 0. The molecular weight excluding hydrogens is 338 g/mol. The summed E-state index contributed by atoms with van der Waals surface area (Å²) in [6.07, 6.45) is 0. The van der Waals surface area contributed by atoms with Crippen molar-refractivity contribution in [1.29, 1.82) is 0 Å². The van der Waals surface area contributed by atoms with Crippen LogP contribution in [0.2, 0.25) is 0 Å². The summed E-state index contributed by atoms with van der Waals surface area (Å²) < 4.78 is 16.9. The first kappa shape index (κ1) is 17.3. The van der Waals surface area contributed by atoms with Gasteiger partial charge in [0.05, 0.1) is 21.3 Å². The molecule has 0 spiro atoms. The van der Waals surface area contributed by atoms with Gasteiger partial charge < -0.3 is 19.1 Å². The number of ether oxygens (including phenoxy) is 3. The quantitative estimate of drug-likeness (QED) is 0.656. The Morgan fingerprint density at radius 1 is 0.667 bits per heavy atom. The van der Waals surface area contributed by atoms with Crippen LogP contribution in [0, 0.1) is 0 Å². The molecule has 1 aliphatic heterocycles. The average molecular weight is 361 g/mol. The van der Waals surface area contributed by atoms with E-state index in [0.717, 1.165) is 39.8 Å². The van der Waals surface area contributed by atoms with E-state index in [-0.39, 0.29) is 5.92 Å². The second-order valence-electron chi connectivity index (χ2n) is 6.55. The van der Waals surface area contributed by atoms with Gasteiger partial charge in [0.1, 0.15) is 17.2 Å². The molecule has 0 aromatic heterocycles. The maximum Gasteiger partial charge on any atom is 0.125 e. The van der Waals surface area contributed by atoms with Crippen molar-refractivity contribution in [2.24, 2.45) is 0 Å². The molecule has 0 N–H and O–H groups in total. The lowest BCUT2D eigenvalue weighted by Gasteiger charge is -2.37. The summed E-state index contributed by atoms with van der Waals surface area (Å²) in [4.78, 5) is 2.20. The monoisotopic (exact) mass is 361 g/mol. The highest BCUT2D eigenvalue weighted by Gasteiger charge is 2.34. The smallest absolute Gasteiger partial charge is 0.125 e. The fourth-order valence-corrected chi connectivity index (χ4v) is 3.99. The summed E-state index contributed by atoms with van der Waals surface area (Å²) >= 11 is 0. The zero-order valence-electron chi connectivity index (χ0n) is 16.0. The van der Waals surface area contributed by atoms with Crippen LogP contribution in [0.15, 0.2) is 60.7 Å². The second kappa shape index (κ2) is 6.88. The Morgan fingerprint density at radius 2 is 1.19 bits per heavy atom. The van der Waals surface area contributed by atoms with Gasteiger partial charge in [-0.15, -0.1) is 0 Å². The van der Waals surface area contributed by atoms with Crippen LogP contribution in [-0.4, -0.2) is 28.4 Å². The lowest BCUT2D eigenvalue weighted by Crippen LogP contribution is -2.23. The van der Waals surface area contributed by atoms with Crippen LogP contribution in [0.25, 0.3) is 0 Å². The van der Waals surface area contributed by atoms with Gasteiger partial charge in [0.25, 0.3) is 0 Å². The third kappa shape index (κ3) is 2.69. The number of nitrogens with zero attached hydrogens (tertiary/aromatic N) is 1. The fraction of sp³-hybridized carbons (Fsp3) is 0.217. The van der Waals surface area contributed by atoms with Crippen LogP contribution in [0.1, 0.15) is 22.6 Å². The second-order valence-corrected chi connectivity index (χ2v) is 6.55. The number of fused-ring (bicyclic) bond motifs is 2. The minimum atomic E-state index is 0.00408. The van der Waals surface area contributed by atoms with Crippen molar-refractivity contribution in [2.45, 2.75) is 5.92 Å². The Balaban J connectivity index is 2.03. The van der Waals surface area contributed by atoms with E-state index >= 15 is 0 Å². The Morgan fingerprint density at radius 3 is 1.63 bits per heavy atom. The molecule has 27 heavy (non-hydrogen) atoms. The normalized spacial score (nSPS) is 13.0. The summed E-state index contributed by atoms with van der Waals surface area (Å²) in [5.41, 5.74) is 5.72. The SMILES string of the molecule is COc1ccc(C2c3c(OC)cccc3N(C)c3cccc(OC)c32)cc1. The average Bonchev–Trinajstić information content (AvgIpc) is 2.73. The van der Waals surface area contributed by atoms with E-state index in [1.807, 2.05) is 36.4 Å². The number of rotatable bonds is 4. The van der Waals surface area contributed by atoms with Gasteiger partial charge >= 0.3 is 0 Å². The first-order valence-electron chi connectivity index (χ1n) is 8.91. The zero-order chi connectivity index (χ0) is 19.0. The van der Waals surface area contributed by atoms with Crippen LogP contribution in [-0.2, 0) is 0 Å². The number of anilines is 2. The van der Waals surface area contributed by atoms with Crippen molar-refractivity contribution in [1.82, 2.24) is 0 Å². The summed E-state index contributed by atoms with van der Waals surface area (Å²) in [5, 5.41) is 0. The highest BCUT2D eigenvalue weighted by molar-refractivity contribution is 5.81. The molecule has 1 aliphatic rings. The van der Waals surface area contributed by atoms with Crippen LogP contribution in [0.4, 0.5) is 11.4 Å². The van der Waals surface area contributed by atoms with Crippen LogP contribution in [0.5, 0.6) is 17.2 Å². The van der Waals surface area contributed by atoms with E-state index in [9.17, 15) is 0 Å². The van der Waals surface area contributed by atoms with Gasteiger partial charge in [0.2, 0.25) is 0 Å². The molecule has 0 atom stereocenters. The van der Waals surface area contributed by atoms with Crippen molar-refractivity contribution in [3.8, 4) is 17.2 Å². The first-order valence-corrected chi connectivity index (χ1v) is 8.91. The third-order valence-electron chi connectivity index (χ3n) is 5.28. The standard InChI is InChI=1S/C23H23NO3/c1-24-17-7-5-9-19(26-3)22(17)21(15-11-13-16(25-2)14-12-15)23-18(24)8-6-10-20(23)27-4/h5-14,21H,1-4H3. The van der Waals surface area contributed by atoms with E-state index in [1.165, 1.54) is 5.56 Å². The van der Waals surface area contributed by atoms with Gasteiger partial charge in [-0.2, -0.15) is 0 Å². The molecule has 0 saturated heterocycles. The van der Waals surface area contributed by atoms with Gasteiger partial charge in [0.15, 0.2) is 0 Å². The topological polar surface area (TPSA) is 30.9 Å². The summed E-state index contributed by atoms with van der Waals surface area (Å²) in [5.74, 6) is 2.59. The molecule has 0 fully saturated rings. The van der Waals surface area contributed by atoms with Gasteiger partial charge in [0, 0.05) is 35.5 Å². The van der Waals surface area contributed by atoms with Crippen molar-refractivity contribution in [3.63, 3.8) is 0 Å². The fourth-order valence-electron chi connectivity index (χ4n) is 3.99. The van der Waals surface area contributed by atoms with Crippen molar-refractivity contribution < 1.29 is 14.2 Å². The lowest BCUT2D eigenvalue weighted by atomic mass is 9.79. The van der Waals surface area contributed by atoms with E-state index in [0.29, 0.717) is 0 Å². The predicted octanol–water partition coefficient (Wildman–Crippen LogP) is 4.97. The van der Waals surface area contributed by atoms with Crippen LogP contribution >= 0.6 is 0 Å². The molecular formula is C23H23NO3. The minimum absolute atomic E-state index is 0.00408. The molecule has 1 heterocycles. The molecule has 4 rings (SSSR count). The molecule has 3 aromatic carbocycles. The minimum Gasteiger partial charge on any atom is -0.497 e. The number of hydrogen-bond acceptors (Lipinski definition) is 4. The Kier molecular flexibility index (Phi) is 4.40. The van der Waals surface area contributed by atoms with E-state index in [2.05, 4.69) is 36.2 Å². The van der Waals surface area contributed by atoms with Crippen molar-refractivity contribution in [3.05, 3.63) is 77.4 Å². The molecule has 4 heteroatoms. The molecule has 138 valence electrons.